The third-order valence-corrected chi connectivity index (χ3v) is 3.26. The largest absolute Gasteiger partial charge is 0.444 e. The third kappa shape index (κ3) is 3.48. The third-order valence-electron chi connectivity index (χ3n) is 3.26. The smallest absolute Gasteiger partial charge is 0.410 e. The molecule has 1 aromatic heterocycles. The molecule has 110 valence electrons. The van der Waals surface area contributed by atoms with Crippen LogP contribution in [0.2, 0.25) is 0 Å². The number of β-amino-alcohol motifs (C(OH)–C–C–N with tert-alkyl or cyclic N) is 1. The van der Waals surface area contributed by atoms with Crippen LogP contribution in [0.25, 0.3) is 0 Å². The molecule has 1 amide bonds. The summed E-state index contributed by atoms with van der Waals surface area (Å²) in [7, 11) is 0. The van der Waals surface area contributed by atoms with Gasteiger partial charge >= 0.3 is 6.09 Å². The van der Waals surface area contributed by atoms with Gasteiger partial charge in [-0.1, -0.05) is 6.07 Å². The van der Waals surface area contributed by atoms with Gasteiger partial charge in [-0.3, -0.25) is 4.98 Å². The van der Waals surface area contributed by atoms with Crippen LogP contribution >= 0.6 is 0 Å². The molecule has 2 atom stereocenters. The molecule has 2 rings (SSSR count). The maximum Gasteiger partial charge on any atom is 0.410 e. The molecule has 5 nitrogen and oxygen atoms in total. The number of hydrogen-bond donors (Lipinski definition) is 1. The van der Waals surface area contributed by atoms with Crippen molar-refractivity contribution in [2.45, 2.75) is 45.3 Å². The highest BCUT2D eigenvalue weighted by atomic mass is 16.6. The van der Waals surface area contributed by atoms with E-state index in [0.717, 1.165) is 11.1 Å². The fraction of sp³-hybridized carbons (Fsp3) is 0.600. The molecule has 1 fully saturated rings. The van der Waals surface area contributed by atoms with Gasteiger partial charge < -0.3 is 14.7 Å². The van der Waals surface area contributed by atoms with Crippen molar-refractivity contribution in [2.75, 3.05) is 13.1 Å². The maximum absolute atomic E-state index is 12.0. The molecule has 20 heavy (non-hydrogen) atoms. The number of aliphatic hydroxyl groups is 1. The van der Waals surface area contributed by atoms with Crippen molar-refractivity contribution in [2.24, 2.45) is 0 Å². The Morgan fingerprint density at radius 3 is 2.70 bits per heavy atom. The van der Waals surface area contributed by atoms with E-state index in [2.05, 4.69) is 4.98 Å². The van der Waals surface area contributed by atoms with Crippen LogP contribution in [-0.4, -0.2) is 45.9 Å². The highest BCUT2D eigenvalue weighted by Crippen LogP contribution is 2.28. The zero-order valence-electron chi connectivity index (χ0n) is 12.5. The molecule has 0 spiro atoms. The molecule has 0 aromatic carbocycles. The van der Waals surface area contributed by atoms with Crippen molar-refractivity contribution in [3.05, 3.63) is 29.6 Å². The highest BCUT2D eigenvalue weighted by Gasteiger charge is 2.37. The summed E-state index contributed by atoms with van der Waals surface area (Å²) in [5.41, 5.74) is 1.49. The first kappa shape index (κ1) is 14.8. The second kappa shape index (κ2) is 5.40. The summed E-state index contributed by atoms with van der Waals surface area (Å²) >= 11 is 0. The summed E-state index contributed by atoms with van der Waals surface area (Å²) in [5, 5.41) is 10.2. The number of pyridine rings is 1. The van der Waals surface area contributed by atoms with Gasteiger partial charge in [0.25, 0.3) is 0 Å². The van der Waals surface area contributed by atoms with E-state index in [4.69, 9.17) is 4.74 Å². The molecule has 0 unspecified atom stereocenters. The lowest BCUT2D eigenvalue weighted by Crippen LogP contribution is -2.35. The average Bonchev–Trinajstić information content (AvgIpc) is 2.69. The number of nitrogens with zero attached hydrogens (tertiary/aromatic N) is 2. The highest BCUT2D eigenvalue weighted by molar-refractivity contribution is 5.68. The van der Waals surface area contributed by atoms with E-state index in [1.807, 2.05) is 33.8 Å². The molecular formula is C15H22N2O3. The van der Waals surface area contributed by atoms with Crippen LogP contribution in [0.15, 0.2) is 18.5 Å². The summed E-state index contributed by atoms with van der Waals surface area (Å²) < 4.78 is 5.34. The Labute approximate surface area is 119 Å². The molecule has 5 heteroatoms. The number of amides is 1. The number of hydrogen-bond acceptors (Lipinski definition) is 4. The lowest BCUT2D eigenvalue weighted by molar-refractivity contribution is 0.0270. The molecule has 1 aliphatic heterocycles. The Kier molecular flexibility index (Phi) is 3.99. The number of aromatic nitrogens is 1. The lowest BCUT2D eigenvalue weighted by Gasteiger charge is -2.24. The van der Waals surface area contributed by atoms with Gasteiger partial charge in [0.05, 0.1) is 12.6 Å². The minimum absolute atomic E-state index is 0.102. The zero-order valence-corrected chi connectivity index (χ0v) is 12.5. The molecule has 2 heterocycles. The van der Waals surface area contributed by atoms with Gasteiger partial charge in [0.15, 0.2) is 0 Å². The SMILES string of the molecule is Cc1cncc([C@@H]2CN(C(=O)OC(C)(C)C)C[C@H]2O)c1. The van der Waals surface area contributed by atoms with E-state index in [1.165, 1.54) is 0 Å². The first-order valence-electron chi connectivity index (χ1n) is 6.84. The number of likely N-dealkylation sites (tertiary alicyclic amines) is 1. The van der Waals surface area contributed by atoms with Crippen molar-refractivity contribution in [3.8, 4) is 0 Å². The van der Waals surface area contributed by atoms with Gasteiger partial charge in [-0.05, 0) is 38.8 Å². The molecule has 0 bridgehead atoms. The predicted molar refractivity (Wildman–Crippen MR) is 75.5 cm³/mol. The summed E-state index contributed by atoms with van der Waals surface area (Å²) in [5.74, 6) is -0.102. The second-order valence-electron chi connectivity index (χ2n) is 6.35. The maximum atomic E-state index is 12.0. The fourth-order valence-electron chi connectivity index (χ4n) is 2.37. The normalized spacial score (nSPS) is 22.9. The molecule has 1 saturated heterocycles. The van der Waals surface area contributed by atoms with Gasteiger partial charge in [0.1, 0.15) is 5.60 Å². The molecule has 0 aliphatic carbocycles. The molecule has 1 aliphatic rings. The van der Waals surface area contributed by atoms with Gasteiger partial charge in [-0.15, -0.1) is 0 Å². The van der Waals surface area contributed by atoms with Crippen LogP contribution in [0.1, 0.15) is 37.8 Å². The Bertz CT molecular complexity index is 496. The standard InChI is InChI=1S/C15H22N2O3/c1-10-5-11(7-16-6-10)12-8-17(9-13(12)18)14(19)20-15(2,3)4/h5-7,12-13,18H,8-9H2,1-4H3/t12-,13+/m0/s1. The molecule has 0 saturated carbocycles. The average molecular weight is 278 g/mol. The number of ether oxygens (including phenoxy) is 1. The lowest BCUT2D eigenvalue weighted by atomic mass is 9.97. The van der Waals surface area contributed by atoms with Crippen molar-refractivity contribution in [1.29, 1.82) is 0 Å². The molecule has 1 aromatic rings. The quantitative estimate of drug-likeness (QED) is 0.854. The summed E-state index contributed by atoms with van der Waals surface area (Å²) in [6.45, 7) is 8.22. The number of carbonyl (C=O) groups excluding carboxylic acids is 1. The Morgan fingerprint density at radius 1 is 1.40 bits per heavy atom. The topological polar surface area (TPSA) is 62.7 Å². The van der Waals surface area contributed by atoms with Crippen LogP contribution in [0, 0.1) is 6.92 Å². The van der Waals surface area contributed by atoms with E-state index in [1.54, 1.807) is 17.3 Å². The van der Waals surface area contributed by atoms with Crippen molar-refractivity contribution >= 4 is 6.09 Å². The van der Waals surface area contributed by atoms with Crippen molar-refractivity contribution in [1.82, 2.24) is 9.88 Å². The fourth-order valence-corrected chi connectivity index (χ4v) is 2.37. The van der Waals surface area contributed by atoms with E-state index < -0.39 is 11.7 Å². The number of aliphatic hydroxyl groups excluding tert-OH is 1. The number of aryl methyl sites for hydroxylation is 1. The van der Waals surface area contributed by atoms with E-state index in [9.17, 15) is 9.90 Å². The van der Waals surface area contributed by atoms with Crippen LogP contribution < -0.4 is 0 Å². The van der Waals surface area contributed by atoms with E-state index in [0.29, 0.717) is 13.1 Å². The molecular weight excluding hydrogens is 256 g/mol. The first-order chi connectivity index (χ1) is 9.26. The minimum Gasteiger partial charge on any atom is -0.444 e. The zero-order chi connectivity index (χ0) is 14.9. The number of rotatable bonds is 1. The number of carbonyl (C=O) groups is 1. The molecule has 1 N–H and O–H groups in total. The van der Waals surface area contributed by atoms with Crippen LogP contribution in [0.4, 0.5) is 4.79 Å². The van der Waals surface area contributed by atoms with Crippen LogP contribution in [-0.2, 0) is 4.74 Å². The van der Waals surface area contributed by atoms with Gasteiger partial charge in [0.2, 0.25) is 0 Å². The van der Waals surface area contributed by atoms with E-state index >= 15 is 0 Å². The van der Waals surface area contributed by atoms with Gasteiger partial charge in [0, 0.05) is 24.9 Å². The first-order valence-corrected chi connectivity index (χ1v) is 6.84. The van der Waals surface area contributed by atoms with Gasteiger partial charge in [-0.2, -0.15) is 0 Å². The monoisotopic (exact) mass is 278 g/mol. The summed E-state index contributed by atoms with van der Waals surface area (Å²) in [6.07, 6.45) is 2.57. The van der Waals surface area contributed by atoms with Crippen LogP contribution in [0.3, 0.4) is 0 Å². The van der Waals surface area contributed by atoms with E-state index in [-0.39, 0.29) is 12.0 Å². The second-order valence-corrected chi connectivity index (χ2v) is 6.35. The van der Waals surface area contributed by atoms with Crippen molar-refractivity contribution < 1.29 is 14.6 Å². The Hall–Kier alpha value is -1.62. The Balaban J connectivity index is 2.07. The summed E-state index contributed by atoms with van der Waals surface area (Å²) in [4.78, 5) is 17.7. The minimum atomic E-state index is -0.578. The van der Waals surface area contributed by atoms with Crippen LogP contribution in [0.5, 0.6) is 0 Å². The molecule has 0 radical (unpaired) electrons. The predicted octanol–water partition coefficient (Wildman–Crippen LogP) is 2.09. The Morgan fingerprint density at radius 2 is 2.10 bits per heavy atom. The summed E-state index contributed by atoms with van der Waals surface area (Å²) in [6, 6.07) is 2.00. The van der Waals surface area contributed by atoms with Gasteiger partial charge in [-0.25, -0.2) is 4.79 Å². The van der Waals surface area contributed by atoms with Crippen molar-refractivity contribution in [3.63, 3.8) is 0 Å².